The molecule has 1 N–H and O–H groups in total. The maximum absolute atomic E-state index is 12.7. The van der Waals surface area contributed by atoms with Crippen molar-refractivity contribution in [1.29, 1.82) is 0 Å². The van der Waals surface area contributed by atoms with Gasteiger partial charge in [-0.15, -0.1) is 0 Å². The van der Waals surface area contributed by atoms with Crippen LogP contribution in [0.25, 0.3) is 0 Å². The second-order valence-corrected chi connectivity index (χ2v) is 7.80. The molecule has 4 aliphatic heterocycles. The second-order valence-electron chi connectivity index (χ2n) is 7.80. The predicted octanol–water partition coefficient (Wildman–Crippen LogP) is 0.969. The summed E-state index contributed by atoms with van der Waals surface area (Å²) >= 11 is 0. The van der Waals surface area contributed by atoms with Crippen molar-refractivity contribution in [3.05, 3.63) is 35.6 Å². The molecule has 4 heterocycles. The van der Waals surface area contributed by atoms with Gasteiger partial charge < -0.3 is 19.3 Å². The Morgan fingerprint density at radius 3 is 2.73 bits per heavy atom. The van der Waals surface area contributed by atoms with Gasteiger partial charge in [-0.05, 0) is 32.4 Å². The molecular formula is C19H20O7. The molecule has 0 saturated carbocycles. The van der Waals surface area contributed by atoms with E-state index in [0.717, 1.165) is 0 Å². The summed E-state index contributed by atoms with van der Waals surface area (Å²) in [5.41, 5.74) is -2.29. The smallest absolute Gasteiger partial charge is 0.318 e. The van der Waals surface area contributed by atoms with Crippen LogP contribution in [0.1, 0.15) is 27.2 Å². The summed E-state index contributed by atoms with van der Waals surface area (Å²) in [6.07, 6.45) is 2.19. The number of allylic oxidation sites excluding steroid dienone is 1. The highest BCUT2D eigenvalue weighted by atomic mass is 16.7. The van der Waals surface area contributed by atoms with Gasteiger partial charge in [0.2, 0.25) is 11.6 Å². The summed E-state index contributed by atoms with van der Waals surface area (Å²) in [7, 11) is 0. The number of fused-ring (bicyclic) bond motifs is 2. The molecule has 2 saturated heterocycles. The largest absolute Gasteiger partial charge is 0.479 e. The molecule has 0 unspecified atom stereocenters. The lowest BCUT2D eigenvalue weighted by atomic mass is 9.67. The van der Waals surface area contributed by atoms with Crippen molar-refractivity contribution in [3.63, 3.8) is 0 Å². The number of hydrogen-bond donors (Lipinski definition) is 1. The van der Waals surface area contributed by atoms with Crippen molar-refractivity contribution in [2.45, 2.75) is 50.8 Å². The van der Waals surface area contributed by atoms with E-state index in [-0.39, 0.29) is 17.8 Å². The minimum atomic E-state index is -2.20. The highest BCUT2D eigenvalue weighted by Crippen LogP contribution is 2.60. The van der Waals surface area contributed by atoms with Crippen molar-refractivity contribution in [3.8, 4) is 0 Å². The Hall–Kier alpha value is -2.25. The number of carbonyl (C=O) groups is 3. The first kappa shape index (κ1) is 17.2. The molecule has 7 nitrogen and oxygen atoms in total. The van der Waals surface area contributed by atoms with Gasteiger partial charge in [-0.3, -0.25) is 14.4 Å². The summed E-state index contributed by atoms with van der Waals surface area (Å²) in [6, 6.07) is 0. The van der Waals surface area contributed by atoms with Crippen LogP contribution in [0.3, 0.4) is 0 Å². The van der Waals surface area contributed by atoms with Crippen molar-refractivity contribution < 1.29 is 33.7 Å². The molecule has 0 aromatic rings. The highest BCUT2D eigenvalue weighted by Gasteiger charge is 2.74. The number of esters is 1. The Balaban J connectivity index is 1.90. The zero-order valence-corrected chi connectivity index (χ0v) is 14.8. The monoisotopic (exact) mass is 360 g/mol. The summed E-state index contributed by atoms with van der Waals surface area (Å²) < 4.78 is 17.3. The van der Waals surface area contributed by atoms with E-state index in [4.69, 9.17) is 14.2 Å². The normalized spacial score (nSPS) is 48.2. The molecule has 26 heavy (non-hydrogen) atoms. The number of aldehydes is 1. The van der Waals surface area contributed by atoms with Crippen molar-refractivity contribution >= 4 is 18.0 Å². The van der Waals surface area contributed by atoms with Gasteiger partial charge in [0.1, 0.15) is 17.3 Å². The van der Waals surface area contributed by atoms with Crippen molar-refractivity contribution in [2.75, 3.05) is 0 Å². The van der Waals surface area contributed by atoms with Gasteiger partial charge in [0.15, 0.2) is 11.9 Å². The standard InChI is InChI=1S/C19H20O7/c1-9-5-12-15-13(7-17(3)14(21)6-11(9)25-17)26-19(23,10(2)8-20)18(15,4)16(22)24-12/h5-6,8,12-13,15,23H,2,7H2,1,3-4H3/b9-5-/t12-,13+,15+,17-,18-,19-/m1/s1. The fourth-order valence-corrected chi connectivity index (χ4v) is 4.58. The van der Waals surface area contributed by atoms with E-state index in [2.05, 4.69) is 6.58 Å². The summed E-state index contributed by atoms with van der Waals surface area (Å²) in [6.45, 7) is 8.49. The first-order valence-electron chi connectivity index (χ1n) is 8.46. The van der Waals surface area contributed by atoms with E-state index in [1.165, 1.54) is 13.0 Å². The quantitative estimate of drug-likeness (QED) is 0.445. The Labute approximate surface area is 150 Å². The Bertz CT molecular complexity index is 824. The van der Waals surface area contributed by atoms with Crippen LogP contribution in [-0.2, 0) is 28.6 Å². The first-order chi connectivity index (χ1) is 12.1. The lowest BCUT2D eigenvalue weighted by molar-refractivity contribution is -0.219. The number of aliphatic hydroxyl groups is 1. The van der Waals surface area contributed by atoms with Gasteiger partial charge in [0.05, 0.1) is 6.10 Å². The van der Waals surface area contributed by atoms with Crippen LogP contribution in [0, 0.1) is 11.3 Å². The van der Waals surface area contributed by atoms with Crippen LogP contribution in [0.4, 0.5) is 0 Å². The first-order valence-corrected chi connectivity index (χ1v) is 8.46. The van der Waals surface area contributed by atoms with Gasteiger partial charge >= 0.3 is 5.97 Å². The number of rotatable bonds is 2. The van der Waals surface area contributed by atoms with E-state index in [0.29, 0.717) is 17.6 Å². The van der Waals surface area contributed by atoms with Crippen molar-refractivity contribution in [1.82, 2.24) is 0 Å². The third-order valence-electron chi connectivity index (χ3n) is 6.20. The number of carbonyl (C=O) groups excluding carboxylic acids is 3. The average Bonchev–Trinajstić information content (AvgIpc) is 3.09. The number of ether oxygens (including phenoxy) is 3. The zero-order chi connectivity index (χ0) is 19.1. The summed E-state index contributed by atoms with van der Waals surface area (Å²) in [4.78, 5) is 36.5. The second kappa shape index (κ2) is 4.92. The minimum absolute atomic E-state index is 0.106. The lowest BCUT2D eigenvalue weighted by Gasteiger charge is -2.33. The van der Waals surface area contributed by atoms with Crippen LogP contribution in [-0.4, -0.2) is 46.7 Å². The minimum Gasteiger partial charge on any atom is -0.479 e. The summed E-state index contributed by atoms with van der Waals surface area (Å²) in [5, 5.41) is 11.1. The molecule has 0 amide bonds. The molecule has 0 radical (unpaired) electrons. The molecule has 2 fully saturated rings. The Morgan fingerprint density at radius 2 is 2.08 bits per heavy atom. The van der Waals surface area contributed by atoms with Gasteiger partial charge in [0, 0.05) is 24.0 Å². The molecule has 7 heteroatoms. The average molecular weight is 360 g/mol. The molecule has 2 bridgehead atoms. The van der Waals surface area contributed by atoms with E-state index in [9.17, 15) is 19.5 Å². The fourth-order valence-electron chi connectivity index (χ4n) is 4.58. The van der Waals surface area contributed by atoms with Crippen LogP contribution >= 0.6 is 0 Å². The molecular weight excluding hydrogens is 340 g/mol. The topological polar surface area (TPSA) is 99.1 Å². The van der Waals surface area contributed by atoms with E-state index >= 15 is 0 Å². The molecule has 0 aliphatic carbocycles. The van der Waals surface area contributed by atoms with E-state index in [1.807, 2.05) is 0 Å². The van der Waals surface area contributed by atoms with E-state index < -0.39 is 40.9 Å². The fraction of sp³-hybridized carbons (Fsp3) is 0.526. The predicted molar refractivity (Wildman–Crippen MR) is 87.5 cm³/mol. The maximum Gasteiger partial charge on any atom is 0.318 e. The summed E-state index contributed by atoms with van der Waals surface area (Å²) in [5.74, 6) is -3.23. The zero-order valence-electron chi connectivity index (χ0n) is 14.8. The molecule has 4 rings (SSSR count). The molecule has 0 spiro atoms. The van der Waals surface area contributed by atoms with Gasteiger partial charge in [0.25, 0.3) is 0 Å². The molecule has 0 aromatic heterocycles. The molecule has 6 atom stereocenters. The van der Waals surface area contributed by atoms with Crippen LogP contribution < -0.4 is 0 Å². The third kappa shape index (κ3) is 1.82. The Kier molecular flexibility index (Phi) is 3.25. The number of ketones is 1. The van der Waals surface area contributed by atoms with E-state index in [1.54, 1.807) is 19.9 Å². The maximum atomic E-state index is 12.7. The highest BCUT2D eigenvalue weighted by molar-refractivity contribution is 6.00. The number of hydrogen-bond acceptors (Lipinski definition) is 7. The SMILES string of the molecule is C=C(C=O)[C@@]1(O)O[C@H]2C[C@@]3(C)OC(=CC3=O)/C(C)=C\[C@H]3OC(=O)[C@@]1(C)[C@H]23. The van der Waals surface area contributed by atoms with Gasteiger partial charge in [-0.1, -0.05) is 6.58 Å². The third-order valence-corrected chi connectivity index (χ3v) is 6.20. The van der Waals surface area contributed by atoms with Gasteiger partial charge in [-0.25, -0.2) is 0 Å². The molecule has 4 aliphatic rings. The van der Waals surface area contributed by atoms with Gasteiger partial charge in [-0.2, -0.15) is 0 Å². The van der Waals surface area contributed by atoms with Crippen LogP contribution in [0.5, 0.6) is 0 Å². The molecule has 0 aromatic carbocycles. The van der Waals surface area contributed by atoms with Crippen LogP contribution in [0.15, 0.2) is 35.6 Å². The molecule has 138 valence electrons. The lowest BCUT2D eigenvalue weighted by Crippen LogP contribution is -2.50. The van der Waals surface area contributed by atoms with Crippen molar-refractivity contribution in [2.24, 2.45) is 11.3 Å². The van der Waals surface area contributed by atoms with Crippen LogP contribution in [0.2, 0.25) is 0 Å². The Morgan fingerprint density at radius 1 is 1.38 bits per heavy atom.